The van der Waals surface area contributed by atoms with Crippen LogP contribution in [0.3, 0.4) is 0 Å². The highest BCUT2D eigenvalue weighted by atomic mass is 127. The van der Waals surface area contributed by atoms with E-state index in [0.717, 1.165) is 43.5 Å². The second kappa shape index (κ2) is 9.56. The average molecular weight is 447 g/mol. The number of anilines is 1. The van der Waals surface area contributed by atoms with Crippen molar-refractivity contribution >= 4 is 47.5 Å². The third-order valence-electron chi connectivity index (χ3n) is 4.25. The zero-order valence-corrected chi connectivity index (χ0v) is 16.6. The molecule has 0 atom stereocenters. The number of hydrogen-bond acceptors (Lipinski definition) is 4. The van der Waals surface area contributed by atoms with E-state index in [0.29, 0.717) is 12.5 Å². The number of piperidine rings is 1. The molecule has 7 heteroatoms. The molecule has 0 saturated carbocycles. The summed E-state index contributed by atoms with van der Waals surface area (Å²) >= 11 is 1.98. The SMILES string of the molecule is I.NC(=NCc1ccnc(N2CCCCC2)c1)N1CCSCC1. The van der Waals surface area contributed by atoms with Gasteiger partial charge in [0.25, 0.3) is 0 Å². The van der Waals surface area contributed by atoms with Crippen LogP contribution in [0.15, 0.2) is 23.3 Å². The molecule has 5 nitrogen and oxygen atoms in total. The summed E-state index contributed by atoms with van der Waals surface area (Å²) in [5.74, 6) is 4.05. The number of rotatable bonds is 3. The number of halogens is 1. The van der Waals surface area contributed by atoms with Crippen molar-refractivity contribution in [2.75, 3.05) is 42.6 Å². The lowest BCUT2D eigenvalue weighted by atomic mass is 10.1. The van der Waals surface area contributed by atoms with Gasteiger partial charge in [-0.15, -0.1) is 24.0 Å². The van der Waals surface area contributed by atoms with Crippen molar-refractivity contribution in [2.24, 2.45) is 10.7 Å². The highest BCUT2D eigenvalue weighted by Gasteiger charge is 2.13. The summed E-state index contributed by atoms with van der Waals surface area (Å²) in [4.78, 5) is 13.6. The zero-order valence-electron chi connectivity index (χ0n) is 13.5. The first kappa shape index (κ1) is 18.6. The standard InChI is InChI=1S/C16H25N5S.HI/c17-16(21-8-10-22-11-9-21)19-13-14-4-5-18-15(12-14)20-6-2-1-3-7-20;/h4-5,12H,1-3,6-11,13H2,(H2,17,19);1H. The van der Waals surface area contributed by atoms with Crippen LogP contribution in [0.5, 0.6) is 0 Å². The van der Waals surface area contributed by atoms with Crippen LogP contribution >= 0.6 is 35.7 Å². The number of hydrogen-bond donors (Lipinski definition) is 1. The number of aliphatic imine (C=N–C) groups is 1. The Labute approximate surface area is 160 Å². The molecular weight excluding hydrogens is 421 g/mol. The highest BCUT2D eigenvalue weighted by Crippen LogP contribution is 2.18. The van der Waals surface area contributed by atoms with E-state index in [1.54, 1.807) is 0 Å². The van der Waals surface area contributed by atoms with Gasteiger partial charge in [0.1, 0.15) is 5.82 Å². The maximum absolute atomic E-state index is 6.12. The minimum absolute atomic E-state index is 0. The molecule has 1 aromatic heterocycles. The third kappa shape index (κ3) is 5.41. The molecule has 23 heavy (non-hydrogen) atoms. The molecule has 0 unspecified atom stereocenters. The highest BCUT2D eigenvalue weighted by molar-refractivity contribution is 14.0. The Morgan fingerprint density at radius 1 is 1.17 bits per heavy atom. The number of nitrogens with two attached hydrogens (primary N) is 1. The largest absolute Gasteiger partial charge is 0.370 e. The Balaban J connectivity index is 0.00000192. The molecule has 0 aromatic carbocycles. The van der Waals surface area contributed by atoms with Crippen molar-refractivity contribution in [3.63, 3.8) is 0 Å². The van der Waals surface area contributed by atoms with Crippen molar-refractivity contribution in [3.8, 4) is 0 Å². The molecule has 3 heterocycles. The first-order valence-corrected chi connectivity index (χ1v) is 9.31. The number of thioether (sulfide) groups is 1. The van der Waals surface area contributed by atoms with Crippen LogP contribution in [-0.4, -0.2) is 53.5 Å². The van der Waals surface area contributed by atoms with Gasteiger partial charge in [-0.1, -0.05) is 0 Å². The van der Waals surface area contributed by atoms with E-state index >= 15 is 0 Å². The minimum atomic E-state index is 0. The molecule has 3 rings (SSSR count). The average Bonchev–Trinajstić information content (AvgIpc) is 2.61. The quantitative estimate of drug-likeness (QED) is 0.439. The van der Waals surface area contributed by atoms with Gasteiger partial charge < -0.3 is 15.5 Å². The van der Waals surface area contributed by atoms with E-state index in [9.17, 15) is 0 Å². The van der Waals surface area contributed by atoms with Gasteiger partial charge in [0.05, 0.1) is 6.54 Å². The lowest BCUT2D eigenvalue weighted by molar-refractivity contribution is 0.455. The fraction of sp³-hybridized carbons (Fsp3) is 0.625. The number of aromatic nitrogens is 1. The van der Waals surface area contributed by atoms with Crippen molar-refractivity contribution in [3.05, 3.63) is 23.9 Å². The summed E-state index contributed by atoms with van der Waals surface area (Å²) in [6.45, 7) is 4.89. The lowest BCUT2D eigenvalue weighted by Crippen LogP contribution is -2.42. The minimum Gasteiger partial charge on any atom is -0.370 e. The maximum atomic E-state index is 6.12. The molecule has 0 spiro atoms. The van der Waals surface area contributed by atoms with Crippen molar-refractivity contribution < 1.29 is 0 Å². The molecule has 0 aliphatic carbocycles. The van der Waals surface area contributed by atoms with Gasteiger partial charge in [-0.05, 0) is 37.0 Å². The third-order valence-corrected chi connectivity index (χ3v) is 5.19. The van der Waals surface area contributed by atoms with Crippen LogP contribution in [0, 0.1) is 0 Å². The Morgan fingerprint density at radius 3 is 2.65 bits per heavy atom. The van der Waals surface area contributed by atoms with Crippen LogP contribution in [0.4, 0.5) is 5.82 Å². The molecular formula is C16H26IN5S. The number of nitrogens with zero attached hydrogens (tertiary/aromatic N) is 4. The zero-order chi connectivity index (χ0) is 15.2. The summed E-state index contributed by atoms with van der Waals surface area (Å²) in [6.07, 6.45) is 5.77. The molecule has 2 aliphatic heterocycles. The van der Waals surface area contributed by atoms with E-state index in [-0.39, 0.29) is 24.0 Å². The van der Waals surface area contributed by atoms with Crippen molar-refractivity contribution in [1.82, 2.24) is 9.88 Å². The summed E-state index contributed by atoms with van der Waals surface area (Å²) in [5.41, 5.74) is 7.30. The van der Waals surface area contributed by atoms with Crippen molar-refractivity contribution in [2.45, 2.75) is 25.8 Å². The van der Waals surface area contributed by atoms with E-state index in [1.165, 1.54) is 24.8 Å². The summed E-state index contributed by atoms with van der Waals surface area (Å²) in [7, 11) is 0. The summed E-state index contributed by atoms with van der Waals surface area (Å²) in [6, 6.07) is 4.20. The monoisotopic (exact) mass is 447 g/mol. The van der Waals surface area contributed by atoms with Crippen molar-refractivity contribution in [1.29, 1.82) is 0 Å². The van der Waals surface area contributed by atoms with Gasteiger partial charge >= 0.3 is 0 Å². The van der Waals surface area contributed by atoms with Gasteiger partial charge in [0.15, 0.2) is 5.96 Å². The molecule has 2 N–H and O–H groups in total. The van der Waals surface area contributed by atoms with E-state index in [4.69, 9.17) is 5.73 Å². The molecule has 2 fully saturated rings. The number of pyridine rings is 1. The van der Waals surface area contributed by atoms with Gasteiger partial charge in [-0.3, -0.25) is 0 Å². The van der Waals surface area contributed by atoms with Crippen LogP contribution in [0.1, 0.15) is 24.8 Å². The molecule has 2 aliphatic rings. The molecule has 0 radical (unpaired) electrons. The maximum Gasteiger partial charge on any atom is 0.191 e. The fourth-order valence-electron chi connectivity index (χ4n) is 2.92. The topological polar surface area (TPSA) is 57.8 Å². The number of guanidine groups is 1. The molecule has 0 bridgehead atoms. The molecule has 1 aromatic rings. The van der Waals surface area contributed by atoms with Gasteiger partial charge in [-0.2, -0.15) is 11.8 Å². The first-order chi connectivity index (χ1) is 10.8. The first-order valence-electron chi connectivity index (χ1n) is 8.15. The Hall–Kier alpha value is -0.700. The Morgan fingerprint density at radius 2 is 1.91 bits per heavy atom. The van der Waals surface area contributed by atoms with Gasteiger partial charge in [0, 0.05) is 43.9 Å². The molecule has 0 amide bonds. The summed E-state index contributed by atoms with van der Waals surface area (Å²) < 4.78 is 0. The van der Waals surface area contributed by atoms with Crippen LogP contribution in [0.2, 0.25) is 0 Å². The summed E-state index contributed by atoms with van der Waals surface area (Å²) in [5, 5.41) is 0. The van der Waals surface area contributed by atoms with Gasteiger partial charge in [0.2, 0.25) is 0 Å². The molecule has 2 saturated heterocycles. The molecule has 128 valence electrons. The van der Waals surface area contributed by atoms with Crippen LogP contribution < -0.4 is 10.6 Å². The van der Waals surface area contributed by atoms with E-state index in [1.807, 2.05) is 24.0 Å². The Bertz CT molecular complexity index is 513. The predicted molar refractivity (Wildman–Crippen MR) is 110 cm³/mol. The normalized spacial score (nSPS) is 19.4. The smallest absolute Gasteiger partial charge is 0.191 e. The Kier molecular flexibility index (Phi) is 7.75. The lowest BCUT2D eigenvalue weighted by Gasteiger charge is -2.28. The van der Waals surface area contributed by atoms with Crippen LogP contribution in [-0.2, 0) is 6.54 Å². The fourth-order valence-corrected chi connectivity index (χ4v) is 3.82. The van der Waals surface area contributed by atoms with E-state index < -0.39 is 0 Å². The van der Waals surface area contributed by atoms with Crippen LogP contribution in [0.25, 0.3) is 0 Å². The predicted octanol–water partition coefficient (Wildman–Crippen LogP) is 2.55. The second-order valence-corrected chi connectivity index (χ2v) is 7.07. The van der Waals surface area contributed by atoms with E-state index in [2.05, 4.69) is 25.8 Å². The second-order valence-electron chi connectivity index (χ2n) is 5.84. The van der Waals surface area contributed by atoms with Gasteiger partial charge in [-0.25, -0.2) is 9.98 Å².